The third-order valence-corrected chi connectivity index (χ3v) is 5.26. The molecule has 3 N–H and O–H groups in total. The summed E-state index contributed by atoms with van der Waals surface area (Å²) in [4.78, 5) is 26.5. The Morgan fingerprint density at radius 2 is 1.93 bits per heavy atom. The van der Waals surface area contributed by atoms with E-state index in [0.717, 1.165) is 24.9 Å². The van der Waals surface area contributed by atoms with Crippen molar-refractivity contribution >= 4 is 11.8 Å². The van der Waals surface area contributed by atoms with Gasteiger partial charge in [0.1, 0.15) is 5.82 Å². The first-order valence-corrected chi connectivity index (χ1v) is 9.60. The van der Waals surface area contributed by atoms with E-state index in [2.05, 4.69) is 16.2 Å². The summed E-state index contributed by atoms with van der Waals surface area (Å²) in [5.41, 5.74) is 7.18. The van der Waals surface area contributed by atoms with Crippen molar-refractivity contribution < 1.29 is 14.0 Å². The Bertz CT molecular complexity index is 686. The number of nitrogens with zero attached hydrogens (tertiary/aromatic N) is 1. The molecule has 0 saturated carbocycles. The van der Waals surface area contributed by atoms with Gasteiger partial charge < -0.3 is 10.2 Å². The first kappa shape index (κ1) is 19.8. The fraction of sp³-hybridized carbons (Fsp3) is 0.600. The Balaban J connectivity index is 1.67. The quantitative estimate of drug-likeness (QED) is 0.685. The number of carbonyl (C=O) groups is 2. The highest BCUT2D eigenvalue weighted by Crippen LogP contribution is 2.31. The second kappa shape index (κ2) is 7.94. The molecule has 0 aromatic heterocycles. The number of hydrazine groups is 1. The highest BCUT2D eigenvalue weighted by molar-refractivity contribution is 6.35. The van der Waals surface area contributed by atoms with Crippen LogP contribution in [0.5, 0.6) is 0 Å². The van der Waals surface area contributed by atoms with E-state index in [-0.39, 0.29) is 23.7 Å². The van der Waals surface area contributed by atoms with Crippen LogP contribution in [0.1, 0.15) is 45.1 Å². The van der Waals surface area contributed by atoms with E-state index in [1.54, 1.807) is 4.90 Å². The van der Waals surface area contributed by atoms with Crippen molar-refractivity contribution in [2.45, 2.75) is 51.1 Å². The molecule has 3 rings (SSSR count). The number of amides is 2. The number of hydrogen-bond acceptors (Lipinski definition) is 4. The number of carbonyl (C=O) groups excluding carboxylic acids is 2. The first-order valence-electron chi connectivity index (χ1n) is 9.60. The normalized spacial score (nSPS) is 26.1. The van der Waals surface area contributed by atoms with Gasteiger partial charge in [0.15, 0.2) is 0 Å². The van der Waals surface area contributed by atoms with E-state index in [0.29, 0.717) is 13.1 Å². The molecule has 2 saturated heterocycles. The summed E-state index contributed by atoms with van der Waals surface area (Å²) >= 11 is 0. The Morgan fingerprint density at radius 3 is 2.59 bits per heavy atom. The van der Waals surface area contributed by atoms with Crippen LogP contribution in [-0.4, -0.2) is 47.9 Å². The molecule has 0 spiro atoms. The van der Waals surface area contributed by atoms with Gasteiger partial charge in [0.2, 0.25) is 0 Å². The van der Waals surface area contributed by atoms with Crippen LogP contribution < -0.4 is 16.2 Å². The Hall–Kier alpha value is -1.99. The van der Waals surface area contributed by atoms with Crippen molar-refractivity contribution in [2.24, 2.45) is 5.92 Å². The number of hydrogen-bond donors (Lipinski definition) is 3. The van der Waals surface area contributed by atoms with Gasteiger partial charge in [-0.1, -0.05) is 12.1 Å². The lowest BCUT2D eigenvalue weighted by molar-refractivity contribution is -0.148. The fourth-order valence-electron chi connectivity index (χ4n) is 4.02. The largest absolute Gasteiger partial charge is 0.343 e. The van der Waals surface area contributed by atoms with Gasteiger partial charge >= 0.3 is 11.8 Å². The van der Waals surface area contributed by atoms with Gasteiger partial charge in [0, 0.05) is 37.1 Å². The number of halogens is 1. The van der Waals surface area contributed by atoms with E-state index in [1.807, 2.05) is 32.9 Å². The summed E-state index contributed by atoms with van der Waals surface area (Å²) in [6, 6.07) is 6.75. The van der Waals surface area contributed by atoms with E-state index in [9.17, 15) is 14.0 Å². The predicted octanol–water partition coefficient (Wildman–Crippen LogP) is 1.54. The van der Waals surface area contributed by atoms with Crippen molar-refractivity contribution in [3.05, 3.63) is 35.6 Å². The highest BCUT2D eigenvalue weighted by atomic mass is 19.1. The summed E-state index contributed by atoms with van der Waals surface area (Å²) in [6.07, 6.45) is 1.86. The zero-order chi connectivity index (χ0) is 19.6. The molecule has 3 unspecified atom stereocenters. The van der Waals surface area contributed by atoms with Gasteiger partial charge in [-0.25, -0.2) is 4.39 Å². The SMILES string of the molecule is CC(C)(C)NC(=O)C(=O)N1CCCC(C2NNCC2c2ccc(F)cc2)C1. The van der Waals surface area contributed by atoms with E-state index in [4.69, 9.17) is 0 Å². The molecule has 1 aromatic carbocycles. The lowest BCUT2D eigenvalue weighted by Crippen LogP contribution is -2.54. The van der Waals surface area contributed by atoms with Crippen LogP contribution in [0.4, 0.5) is 4.39 Å². The topological polar surface area (TPSA) is 73.5 Å². The molecule has 2 heterocycles. The first-order chi connectivity index (χ1) is 12.7. The van der Waals surface area contributed by atoms with E-state index < -0.39 is 17.4 Å². The van der Waals surface area contributed by atoms with E-state index in [1.165, 1.54) is 12.1 Å². The molecule has 0 aliphatic carbocycles. The monoisotopic (exact) mass is 376 g/mol. The summed E-state index contributed by atoms with van der Waals surface area (Å²) in [6.45, 7) is 7.49. The second-order valence-electron chi connectivity index (χ2n) is 8.57. The van der Waals surface area contributed by atoms with Crippen LogP contribution in [0, 0.1) is 11.7 Å². The van der Waals surface area contributed by atoms with Crippen LogP contribution in [0.15, 0.2) is 24.3 Å². The maximum atomic E-state index is 13.2. The van der Waals surface area contributed by atoms with Crippen molar-refractivity contribution in [2.75, 3.05) is 19.6 Å². The van der Waals surface area contributed by atoms with Crippen LogP contribution >= 0.6 is 0 Å². The molecule has 148 valence electrons. The maximum Gasteiger partial charge on any atom is 0.311 e. The molecule has 1 aromatic rings. The molecular weight excluding hydrogens is 347 g/mol. The lowest BCUT2D eigenvalue weighted by Gasteiger charge is -2.37. The van der Waals surface area contributed by atoms with Gasteiger partial charge in [-0.05, 0) is 57.2 Å². The Morgan fingerprint density at radius 1 is 1.22 bits per heavy atom. The van der Waals surface area contributed by atoms with Crippen LogP contribution in [0.3, 0.4) is 0 Å². The Kier molecular flexibility index (Phi) is 5.81. The molecule has 2 aliphatic heterocycles. The number of nitrogens with one attached hydrogen (secondary N) is 3. The van der Waals surface area contributed by atoms with Gasteiger partial charge in [0.05, 0.1) is 0 Å². The van der Waals surface area contributed by atoms with Crippen LogP contribution in [0.2, 0.25) is 0 Å². The van der Waals surface area contributed by atoms with Crippen molar-refractivity contribution in [3.63, 3.8) is 0 Å². The zero-order valence-corrected chi connectivity index (χ0v) is 16.2. The summed E-state index contributed by atoms with van der Waals surface area (Å²) in [5, 5.41) is 2.75. The van der Waals surface area contributed by atoms with E-state index >= 15 is 0 Å². The molecule has 2 aliphatic rings. The molecule has 2 amide bonds. The predicted molar refractivity (Wildman–Crippen MR) is 101 cm³/mol. The number of rotatable bonds is 2. The van der Waals surface area contributed by atoms with Gasteiger partial charge in [0.25, 0.3) is 0 Å². The second-order valence-corrected chi connectivity index (χ2v) is 8.57. The average molecular weight is 376 g/mol. The number of piperidine rings is 1. The Labute approximate surface area is 159 Å². The highest BCUT2D eigenvalue weighted by Gasteiger charge is 2.38. The number of likely N-dealkylation sites (tertiary alicyclic amines) is 1. The van der Waals surface area contributed by atoms with Crippen molar-refractivity contribution in [1.29, 1.82) is 0 Å². The summed E-state index contributed by atoms with van der Waals surface area (Å²) < 4.78 is 13.2. The third kappa shape index (κ3) is 4.84. The van der Waals surface area contributed by atoms with Crippen LogP contribution in [-0.2, 0) is 9.59 Å². The average Bonchev–Trinajstić information content (AvgIpc) is 3.10. The number of benzene rings is 1. The molecule has 3 atom stereocenters. The molecule has 6 nitrogen and oxygen atoms in total. The maximum absolute atomic E-state index is 13.2. The molecule has 2 fully saturated rings. The van der Waals surface area contributed by atoms with Crippen molar-refractivity contribution in [3.8, 4) is 0 Å². The van der Waals surface area contributed by atoms with Crippen molar-refractivity contribution in [1.82, 2.24) is 21.1 Å². The van der Waals surface area contributed by atoms with Crippen LogP contribution in [0.25, 0.3) is 0 Å². The molecule has 7 heteroatoms. The van der Waals surface area contributed by atoms with Gasteiger partial charge in [-0.2, -0.15) is 0 Å². The summed E-state index contributed by atoms with van der Waals surface area (Å²) in [7, 11) is 0. The summed E-state index contributed by atoms with van der Waals surface area (Å²) in [5.74, 6) is -0.813. The minimum absolute atomic E-state index is 0.136. The minimum atomic E-state index is -0.546. The van der Waals surface area contributed by atoms with Gasteiger partial charge in [-0.15, -0.1) is 0 Å². The standard InChI is InChI=1S/C20H29FN4O2/c1-20(2,3)23-18(26)19(27)25-10-4-5-14(12-25)17-16(11-22-24-17)13-6-8-15(21)9-7-13/h6-9,14,16-17,22,24H,4-5,10-12H2,1-3H3,(H,23,26). The molecule has 0 radical (unpaired) electrons. The molecule has 0 bridgehead atoms. The molecular formula is C20H29FN4O2. The third-order valence-electron chi connectivity index (χ3n) is 5.26. The fourth-order valence-corrected chi connectivity index (χ4v) is 4.02. The minimum Gasteiger partial charge on any atom is -0.343 e. The smallest absolute Gasteiger partial charge is 0.311 e. The zero-order valence-electron chi connectivity index (χ0n) is 16.2. The lowest BCUT2D eigenvalue weighted by atomic mass is 9.81. The van der Waals surface area contributed by atoms with Gasteiger partial charge in [-0.3, -0.25) is 20.4 Å². The molecule has 27 heavy (non-hydrogen) atoms.